The van der Waals surface area contributed by atoms with Crippen molar-refractivity contribution in [3.05, 3.63) is 53.9 Å². The van der Waals surface area contributed by atoms with Crippen LogP contribution >= 0.6 is 11.8 Å². The highest BCUT2D eigenvalue weighted by Gasteiger charge is 2.46. The van der Waals surface area contributed by atoms with Crippen LogP contribution in [0.1, 0.15) is 57.5 Å². The molecule has 1 aromatic carbocycles. The lowest BCUT2D eigenvalue weighted by Crippen LogP contribution is -2.35. The second-order valence-corrected chi connectivity index (χ2v) is 8.65. The molecule has 2 aliphatic rings. The highest BCUT2D eigenvalue weighted by molar-refractivity contribution is 8.14. The molecule has 4 rings (SSSR count). The van der Waals surface area contributed by atoms with Crippen molar-refractivity contribution in [2.75, 3.05) is 30.3 Å². The van der Waals surface area contributed by atoms with E-state index in [1.807, 2.05) is 24.0 Å². The molecule has 0 unspecified atom stereocenters. The van der Waals surface area contributed by atoms with Crippen LogP contribution in [0, 0.1) is 0 Å². The SMILES string of the molecule is CCOc1cc(N(CC)CC)ccc1[C@H]1[C@H](c2ccccn2)N=C2SC[C@@H](CC)N21. The van der Waals surface area contributed by atoms with Gasteiger partial charge in [0.1, 0.15) is 11.8 Å². The number of ether oxygens (including phenoxy) is 1. The fourth-order valence-electron chi connectivity index (χ4n) is 4.52. The molecule has 160 valence electrons. The molecule has 0 radical (unpaired) electrons. The van der Waals surface area contributed by atoms with Gasteiger partial charge in [0.05, 0.1) is 18.3 Å². The van der Waals surface area contributed by atoms with Gasteiger partial charge >= 0.3 is 0 Å². The minimum absolute atomic E-state index is 0.0124. The van der Waals surface area contributed by atoms with Crippen LogP contribution in [0.2, 0.25) is 0 Å². The lowest BCUT2D eigenvalue weighted by Gasteiger charge is -2.33. The first-order valence-corrected chi connectivity index (χ1v) is 12.1. The first kappa shape index (κ1) is 21.0. The van der Waals surface area contributed by atoms with E-state index in [1.165, 1.54) is 11.3 Å². The number of thioether (sulfide) groups is 1. The third kappa shape index (κ3) is 3.78. The summed E-state index contributed by atoms with van der Waals surface area (Å²) in [5, 5.41) is 1.15. The second kappa shape index (κ2) is 9.29. The number of aliphatic imine (C=N–C) groups is 1. The summed E-state index contributed by atoms with van der Waals surface area (Å²) in [4.78, 5) is 14.7. The Morgan fingerprint density at radius 3 is 2.63 bits per heavy atom. The van der Waals surface area contributed by atoms with E-state index in [0.717, 1.165) is 41.9 Å². The topological polar surface area (TPSA) is 41.0 Å². The fraction of sp³-hybridized carbons (Fsp3) is 0.500. The maximum atomic E-state index is 6.20. The number of hydrogen-bond donors (Lipinski definition) is 0. The molecule has 1 saturated heterocycles. The molecule has 0 amide bonds. The van der Waals surface area contributed by atoms with Gasteiger partial charge in [-0.15, -0.1) is 0 Å². The lowest BCUT2D eigenvalue weighted by molar-refractivity contribution is 0.245. The van der Waals surface area contributed by atoms with Crippen molar-refractivity contribution in [1.82, 2.24) is 9.88 Å². The van der Waals surface area contributed by atoms with Crippen molar-refractivity contribution >= 4 is 22.6 Å². The lowest BCUT2D eigenvalue weighted by atomic mass is 9.94. The molecule has 1 aromatic heterocycles. The second-order valence-electron chi connectivity index (χ2n) is 7.66. The number of fused-ring (bicyclic) bond motifs is 1. The third-order valence-corrected chi connectivity index (χ3v) is 7.20. The predicted molar refractivity (Wildman–Crippen MR) is 127 cm³/mol. The smallest absolute Gasteiger partial charge is 0.160 e. The van der Waals surface area contributed by atoms with Gasteiger partial charge in [-0.2, -0.15) is 0 Å². The van der Waals surface area contributed by atoms with Gasteiger partial charge in [0.2, 0.25) is 0 Å². The van der Waals surface area contributed by atoms with Crippen LogP contribution in [0.3, 0.4) is 0 Å². The number of anilines is 1. The van der Waals surface area contributed by atoms with E-state index in [0.29, 0.717) is 12.6 Å². The Hall–Kier alpha value is -2.21. The van der Waals surface area contributed by atoms with Crippen LogP contribution in [0.25, 0.3) is 0 Å². The van der Waals surface area contributed by atoms with Crippen LogP contribution in [-0.2, 0) is 0 Å². The highest BCUT2D eigenvalue weighted by atomic mass is 32.2. The van der Waals surface area contributed by atoms with E-state index in [9.17, 15) is 0 Å². The largest absolute Gasteiger partial charge is 0.493 e. The summed E-state index contributed by atoms with van der Waals surface area (Å²) in [6.45, 7) is 11.3. The van der Waals surface area contributed by atoms with Gasteiger partial charge in [-0.25, -0.2) is 0 Å². The molecule has 1 fully saturated rings. The first-order valence-electron chi connectivity index (χ1n) is 11.1. The van der Waals surface area contributed by atoms with E-state index in [-0.39, 0.29) is 12.1 Å². The minimum Gasteiger partial charge on any atom is -0.493 e. The van der Waals surface area contributed by atoms with Gasteiger partial charge in [-0.05, 0) is 45.4 Å². The van der Waals surface area contributed by atoms with Crippen LogP contribution < -0.4 is 9.64 Å². The van der Waals surface area contributed by atoms with Gasteiger partial charge in [-0.1, -0.05) is 30.8 Å². The summed E-state index contributed by atoms with van der Waals surface area (Å²) in [7, 11) is 0. The van der Waals surface area contributed by atoms with Gasteiger partial charge in [0.15, 0.2) is 5.17 Å². The van der Waals surface area contributed by atoms with Crippen molar-refractivity contribution in [3.8, 4) is 5.75 Å². The Kier molecular flexibility index (Phi) is 6.52. The molecule has 2 aliphatic heterocycles. The molecular weight excluding hydrogens is 392 g/mol. The normalized spacial score (nSPS) is 22.7. The molecule has 0 bridgehead atoms. The number of rotatable bonds is 8. The molecular formula is C24H32N4OS. The Balaban J connectivity index is 1.80. The summed E-state index contributed by atoms with van der Waals surface area (Å²) in [5.74, 6) is 2.07. The van der Waals surface area contributed by atoms with Crippen molar-refractivity contribution in [1.29, 1.82) is 0 Å². The number of hydrogen-bond acceptors (Lipinski definition) is 6. The number of pyridine rings is 1. The molecule has 30 heavy (non-hydrogen) atoms. The Morgan fingerprint density at radius 2 is 1.97 bits per heavy atom. The van der Waals surface area contributed by atoms with E-state index < -0.39 is 0 Å². The molecule has 2 aromatic rings. The average Bonchev–Trinajstić information content (AvgIpc) is 3.35. The first-order chi connectivity index (χ1) is 14.7. The van der Waals surface area contributed by atoms with Crippen LogP contribution in [-0.4, -0.2) is 46.5 Å². The summed E-state index contributed by atoms with van der Waals surface area (Å²) in [5.41, 5.74) is 3.45. The van der Waals surface area contributed by atoms with Crippen molar-refractivity contribution < 1.29 is 4.74 Å². The molecule has 0 aliphatic carbocycles. The highest BCUT2D eigenvalue weighted by Crippen LogP contribution is 2.50. The zero-order chi connectivity index (χ0) is 21.1. The van der Waals surface area contributed by atoms with Crippen LogP contribution in [0.4, 0.5) is 5.69 Å². The quantitative estimate of drug-likeness (QED) is 0.575. The summed E-state index contributed by atoms with van der Waals surface area (Å²) in [6.07, 6.45) is 2.98. The molecule has 0 N–H and O–H groups in total. The van der Waals surface area contributed by atoms with Crippen LogP contribution in [0.5, 0.6) is 5.75 Å². The fourth-order valence-corrected chi connectivity index (χ4v) is 5.86. The maximum absolute atomic E-state index is 6.20. The standard InChI is InChI=1S/C24H32N4OS/c1-5-17-16-30-24-26-22(20-11-9-10-14-25-20)23(28(17)24)19-13-12-18(27(6-2)7-3)15-21(19)29-8-4/h9-15,17,22-23H,5-8,16H2,1-4H3/t17-,22+,23+/m1/s1. The van der Waals surface area contributed by atoms with Crippen molar-refractivity contribution in [3.63, 3.8) is 0 Å². The Labute approximate surface area is 184 Å². The molecule has 5 nitrogen and oxygen atoms in total. The summed E-state index contributed by atoms with van der Waals surface area (Å²) < 4.78 is 6.20. The molecule has 0 spiro atoms. The Morgan fingerprint density at radius 1 is 1.13 bits per heavy atom. The zero-order valence-corrected chi connectivity index (χ0v) is 19.2. The van der Waals surface area contributed by atoms with E-state index >= 15 is 0 Å². The summed E-state index contributed by atoms with van der Waals surface area (Å²) in [6, 6.07) is 13.4. The predicted octanol–water partition coefficient (Wildman–Crippen LogP) is 5.31. The Bertz CT molecular complexity index is 884. The van der Waals surface area contributed by atoms with Crippen molar-refractivity contribution in [2.24, 2.45) is 4.99 Å². The van der Waals surface area contributed by atoms with Gasteiger partial charge in [-0.3, -0.25) is 9.98 Å². The van der Waals surface area contributed by atoms with E-state index in [2.05, 4.69) is 72.8 Å². The van der Waals surface area contributed by atoms with Gasteiger partial charge < -0.3 is 14.5 Å². The maximum Gasteiger partial charge on any atom is 0.160 e. The molecule has 3 atom stereocenters. The average molecular weight is 425 g/mol. The minimum atomic E-state index is -0.0124. The number of benzene rings is 1. The third-order valence-electron chi connectivity index (χ3n) is 6.07. The van der Waals surface area contributed by atoms with E-state index in [1.54, 1.807) is 0 Å². The van der Waals surface area contributed by atoms with E-state index in [4.69, 9.17) is 9.73 Å². The van der Waals surface area contributed by atoms with Crippen LogP contribution in [0.15, 0.2) is 47.6 Å². The number of aromatic nitrogens is 1. The number of amidine groups is 1. The monoisotopic (exact) mass is 424 g/mol. The molecule has 6 heteroatoms. The van der Waals surface area contributed by atoms with Gasteiger partial charge in [0.25, 0.3) is 0 Å². The zero-order valence-electron chi connectivity index (χ0n) is 18.4. The van der Waals surface area contributed by atoms with Gasteiger partial charge in [0, 0.05) is 48.4 Å². The molecule has 0 saturated carbocycles. The number of nitrogens with zero attached hydrogens (tertiary/aromatic N) is 4. The van der Waals surface area contributed by atoms with Crippen molar-refractivity contribution in [2.45, 2.75) is 52.2 Å². The molecule has 3 heterocycles. The summed E-state index contributed by atoms with van der Waals surface area (Å²) >= 11 is 1.88.